The second kappa shape index (κ2) is 8.24. The van der Waals surface area contributed by atoms with Crippen molar-refractivity contribution in [1.29, 1.82) is 0 Å². The van der Waals surface area contributed by atoms with Crippen LogP contribution in [0.25, 0.3) is 38.3 Å². The van der Waals surface area contributed by atoms with Gasteiger partial charge in [0.15, 0.2) is 12.1 Å². The zero-order valence-corrected chi connectivity index (χ0v) is 19.4. The molecule has 164 valence electrons. The minimum Gasteiger partial charge on any atom is -0.356 e. The molecule has 1 fully saturated rings. The monoisotopic (exact) mass is 454 g/mol. The maximum atomic E-state index is 5.90. The van der Waals surface area contributed by atoms with Gasteiger partial charge in [-0.15, -0.1) is 16.4 Å². The first-order valence-electron chi connectivity index (χ1n) is 11.2. The summed E-state index contributed by atoms with van der Waals surface area (Å²) in [5.41, 5.74) is 5.99. The lowest BCUT2D eigenvalue weighted by atomic mass is 9.99. The molecule has 0 amide bonds. The summed E-state index contributed by atoms with van der Waals surface area (Å²) in [7, 11) is 2.09. The molecule has 1 atom stereocenters. The number of imidazole rings is 1. The molecule has 0 radical (unpaired) electrons. The van der Waals surface area contributed by atoms with Crippen LogP contribution in [0.1, 0.15) is 31.2 Å². The van der Waals surface area contributed by atoms with E-state index in [1.165, 1.54) is 5.46 Å². The first-order chi connectivity index (χ1) is 16.2. The fourth-order valence-electron chi connectivity index (χ4n) is 4.34. The summed E-state index contributed by atoms with van der Waals surface area (Å²) in [4.78, 5) is 15.5. The van der Waals surface area contributed by atoms with E-state index >= 15 is 0 Å². The number of fused-ring (bicyclic) bond motifs is 1. The number of nitrogens with zero attached hydrogens (tertiary/aromatic N) is 6. The average Bonchev–Trinajstić information content (AvgIpc) is 3.56. The van der Waals surface area contributed by atoms with Gasteiger partial charge >= 0.3 is 0 Å². The van der Waals surface area contributed by atoms with E-state index < -0.39 is 0 Å². The Morgan fingerprint density at radius 2 is 1.97 bits per heavy atom. The van der Waals surface area contributed by atoms with E-state index in [0.717, 1.165) is 64.0 Å². The summed E-state index contributed by atoms with van der Waals surface area (Å²) in [6.07, 6.45) is 7.06. The Kier molecular flexibility index (Phi) is 5.08. The highest BCUT2D eigenvalue weighted by molar-refractivity contribution is 7.18. The van der Waals surface area contributed by atoms with Crippen LogP contribution < -0.4 is 5.46 Å². The van der Waals surface area contributed by atoms with Gasteiger partial charge in [-0.2, -0.15) is 0 Å². The molecule has 5 aromatic rings. The molecular weight excluding hydrogens is 431 g/mol. The van der Waals surface area contributed by atoms with E-state index in [2.05, 4.69) is 41.6 Å². The summed E-state index contributed by atoms with van der Waals surface area (Å²) in [6.45, 7) is 2.81. The summed E-state index contributed by atoms with van der Waals surface area (Å²) < 4.78 is 9.89. The molecule has 4 aromatic heterocycles. The highest BCUT2D eigenvalue weighted by Crippen LogP contribution is 2.40. The van der Waals surface area contributed by atoms with E-state index in [-0.39, 0.29) is 6.23 Å². The van der Waals surface area contributed by atoms with Gasteiger partial charge in [0, 0.05) is 18.4 Å². The molecule has 0 bridgehead atoms. The van der Waals surface area contributed by atoms with Crippen LogP contribution in [0.4, 0.5) is 0 Å². The standard InChI is InChI=1S/C24H23BN6OS/c1-15-21(30-13-17(25)10-11-18(30)27-15)24-28-20(16-7-3-2-4-8-16)22(33-24)23-26-14-31(29-23)19-9-5-6-12-32-19/h2-4,7-8,10-11,13-14,19H,5-6,9,12,25H2,1H3. The molecule has 1 aliphatic heterocycles. The number of hydrogen-bond acceptors (Lipinski definition) is 6. The number of hydrogen-bond donors (Lipinski definition) is 0. The summed E-state index contributed by atoms with van der Waals surface area (Å²) >= 11 is 1.61. The molecule has 33 heavy (non-hydrogen) atoms. The van der Waals surface area contributed by atoms with Gasteiger partial charge in [0.2, 0.25) is 0 Å². The van der Waals surface area contributed by atoms with Gasteiger partial charge in [-0.25, -0.2) is 19.6 Å². The van der Waals surface area contributed by atoms with Crippen molar-refractivity contribution in [2.24, 2.45) is 0 Å². The first-order valence-corrected chi connectivity index (χ1v) is 12.0. The Morgan fingerprint density at radius 3 is 2.79 bits per heavy atom. The van der Waals surface area contributed by atoms with Crippen molar-refractivity contribution in [2.75, 3.05) is 6.61 Å². The first kappa shape index (κ1) is 20.3. The Balaban J connectivity index is 1.50. The molecule has 0 saturated carbocycles. The lowest BCUT2D eigenvalue weighted by Crippen LogP contribution is -2.18. The summed E-state index contributed by atoms with van der Waals surface area (Å²) in [5.74, 6) is 0.675. The Hall–Kier alpha value is -3.30. The number of benzene rings is 1. The second-order valence-corrected chi connectivity index (χ2v) is 9.41. The second-order valence-electron chi connectivity index (χ2n) is 8.41. The molecular formula is C24H23BN6OS. The third-order valence-electron chi connectivity index (χ3n) is 5.98. The molecule has 0 spiro atoms. The van der Waals surface area contributed by atoms with Crippen molar-refractivity contribution in [2.45, 2.75) is 32.4 Å². The lowest BCUT2D eigenvalue weighted by molar-refractivity contribution is -0.0395. The lowest BCUT2D eigenvalue weighted by Gasteiger charge is -2.21. The molecule has 1 aliphatic rings. The molecule has 9 heteroatoms. The van der Waals surface area contributed by atoms with E-state index in [1.54, 1.807) is 17.7 Å². The van der Waals surface area contributed by atoms with Crippen LogP contribution >= 0.6 is 11.3 Å². The predicted molar refractivity (Wildman–Crippen MR) is 133 cm³/mol. The molecule has 1 saturated heterocycles. The van der Waals surface area contributed by atoms with Crippen molar-refractivity contribution >= 4 is 30.3 Å². The predicted octanol–water partition coefficient (Wildman–Crippen LogP) is 3.65. The Bertz CT molecular complexity index is 1430. The number of aromatic nitrogens is 6. The normalized spacial score (nSPS) is 16.5. The van der Waals surface area contributed by atoms with Gasteiger partial charge in [-0.05, 0) is 32.3 Å². The van der Waals surface area contributed by atoms with E-state index in [9.17, 15) is 0 Å². The number of pyridine rings is 1. The van der Waals surface area contributed by atoms with Gasteiger partial charge in [0.1, 0.15) is 35.4 Å². The maximum Gasteiger partial charge on any atom is 0.193 e. The van der Waals surface area contributed by atoms with Gasteiger partial charge < -0.3 is 4.74 Å². The zero-order chi connectivity index (χ0) is 22.4. The molecule has 1 unspecified atom stereocenters. The van der Waals surface area contributed by atoms with Gasteiger partial charge in [0.25, 0.3) is 0 Å². The summed E-state index contributed by atoms with van der Waals surface area (Å²) in [6, 6.07) is 14.4. The molecule has 6 rings (SSSR count). The minimum absolute atomic E-state index is 0.0449. The number of ether oxygens (including phenoxy) is 1. The van der Waals surface area contributed by atoms with Gasteiger partial charge in [-0.3, -0.25) is 4.40 Å². The van der Waals surface area contributed by atoms with Crippen LogP contribution in [0.3, 0.4) is 0 Å². The van der Waals surface area contributed by atoms with Gasteiger partial charge in [0.05, 0.1) is 11.4 Å². The van der Waals surface area contributed by atoms with Crippen LogP contribution in [-0.4, -0.2) is 43.6 Å². The van der Waals surface area contributed by atoms with Crippen molar-refractivity contribution in [3.05, 3.63) is 60.7 Å². The SMILES string of the molecule is Bc1ccc2nc(C)c(-c3nc(-c4ccccc4)c(-c4ncn(C5CCCCO5)n4)s3)n2c1. The molecule has 5 heterocycles. The highest BCUT2D eigenvalue weighted by Gasteiger charge is 2.24. The van der Waals surface area contributed by atoms with Crippen LogP contribution in [0.5, 0.6) is 0 Å². The fourth-order valence-corrected chi connectivity index (χ4v) is 5.46. The quantitative estimate of drug-likeness (QED) is 0.388. The Morgan fingerprint density at radius 1 is 1.09 bits per heavy atom. The number of thiazole rings is 1. The Labute approximate surface area is 196 Å². The number of aryl methyl sites for hydroxylation is 1. The molecule has 1 aromatic carbocycles. The van der Waals surface area contributed by atoms with Gasteiger partial charge in [-0.1, -0.05) is 41.9 Å². The van der Waals surface area contributed by atoms with Crippen LogP contribution in [-0.2, 0) is 4.74 Å². The average molecular weight is 454 g/mol. The van der Waals surface area contributed by atoms with Crippen LogP contribution in [0, 0.1) is 6.92 Å². The molecule has 0 aliphatic carbocycles. The van der Waals surface area contributed by atoms with Crippen LogP contribution in [0.15, 0.2) is 55.0 Å². The number of rotatable bonds is 4. The zero-order valence-electron chi connectivity index (χ0n) is 18.6. The van der Waals surface area contributed by atoms with E-state index in [0.29, 0.717) is 5.82 Å². The van der Waals surface area contributed by atoms with E-state index in [4.69, 9.17) is 19.8 Å². The smallest absolute Gasteiger partial charge is 0.193 e. The van der Waals surface area contributed by atoms with Crippen molar-refractivity contribution < 1.29 is 4.74 Å². The summed E-state index contributed by atoms with van der Waals surface area (Å²) in [5, 5.41) is 5.72. The fraction of sp³-hybridized carbons (Fsp3) is 0.250. The topological polar surface area (TPSA) is 70.1 Å². The highest BCUT2D eigenvalue weighted by atomic mass is 32.1. The third kappa shape index (κ3) is 3.67. The van der Waals surface area contributed by atoms with Crippen molar-refractivity contribution in [1.82, 2.24) is 29.1 Å². The van der Waals surface area contributed by atoms with Crippen LogP contribution in [0.2, 0.25) is 0 Å². The molecule has 7 nitrogen and oxygen atoms in total. The maximum absolute atomic E-state index is 5.90. The largest absolute Gasteiger partial charge is 0.356 e. The van der Waals surface area contributed by atoms with Crippen molar-refractivity contribution in [3.8, 4) is 32.7 Å². The van der Waals surface area contributed by atoms with E-state index in [1.807, 2.05) is 35.9 Å². The third-order valence-corrected chi connectivity index (χ3v) is 7.04. The van der Waals surface area contributed by atoms with Crippen molar-refractivity contribution in [3.63, 3.8) is 0 Å². The minimum atomic E-state index is -0.0449. The molecule has 0 N–H and O–H groups in total.